The maximum atomic E-state index is 2.18. The zero-order chi connectivity index (χ0) is 7.40. The molecule has 1 aromatic rings. The van der Waals surface area contributed by atoms with Gasteiger partial charge in [-0.05, 0) is 6.42 Å². The van der Waals surface area contributed by atoms with Gasteiger partial charge in [0.05, 0.1) is 0 Å². The second-order valence-corrected chi connectivity index (χ2v) is 2.38. The summed E-state index contributed by atoms with van der Waals surface area (Å²) in [5.74, 6) is 0. The first kappa shape index (κ1) is 11.7. The van der Waals surface area contributed by atoms with Gasteiger partial charge in [0, 0.05) is 0 Å². The number of hydrogen-bond acceptors (Lipinski definition) is 0. The third-order valence-electron chi connectivity index (χ3n) is 1.72. The number of aryl methyl sites for hydroxylation is 1. The maximum Gasteiger partial charge on any atom is 1.00 e. The summed E-state index contributed by atoms with van der Waals surface area (Å²) in [6, 6.07) is 8.66. The van der Waals surface area contributed by atoms with Crippen molar-refractivity contribution in [3.05, 3.63) is 41.8 Å². The van der Waals surface area contributed by atoms with Gasteiger partial charge in [-0.1, -0.05) is 19.4 Å². The molecule has 0 N–H and O–H groups in total. The Morgan fingerprint density at radius 3 is 2.09 bits per heavy atom. The van der Waals surface area contributed by atoms with Crippen LogP contribution in [-0.4, -0.2) is 0 Å². The molecule has 1 rings (SSSR count). The average molecular weight is 172 g/mol. The molecule has 0 aromatic heterocycles. The molecule has 0 amide bonds. The Hall–Kier alpha value is 0.726. The van der Waals surface area contributed by atoms with Crippen LogP contribution in [0.25, 0.3) is 0 Å². The van der Waals surface area contributed by atoms with Crippen LogP contribution in [0.4, 0.5) is 0 Å². The van der Waals surface area contributed by atoms with Crippen LogP contribution < -0.4 is 51.4 Å². The molecule has 11 heavy (non-hydrogen) atoms. The first-order chi connectivity index (χ1) is 4.86. The second-order valence-electron chi connectivity index (χ2n) is 2.38. The Morgan fingerprint density at radius 2 is 1.73 bits per heavy atom. The van der Waals surface area contributed by atoms with Crippen LogP contribution in [0.2, 0.25) is 0 Å². The van der Waals surface area contributed by atoms with Crippen molar-refractivity contribution >= 4 is 0 Å². The van der Waals surface area contributed by atoms with E-state index < -0.39 is 0 Å². The normalized spacial score (nSPS) is 8.55. The van der Waals surface area contributed by atoms with Gasteiger partial charge in [-0.15, -0.1) is 12.1 Å². The molecule has 0 unspecified atom stereocenters. The minimum atomic E-state index is 0. The molecule has 0 radical (unpaired) electrons. The molecule has 0 nitrogen and oxygen atoms in total. The Labute approximate surface area is 112 Å². The van der Waals surface area contributed by atoms with Gasteiger partial charge in [-0.3, -0.25) is 0 Å². The summed E-state index contributed by atoms with van der Waals surface area (Å²) in [6.45, 7) is 4.23. The summed E-state index contributed by atoms with van der Waals surface area (Å²) in [7, 11) is 0. The molecule has 0 saturated heterocycles. The van der Waals surface area contributed by atoms with Crippen molar-refractivity contribution in [1.29, 1.82) is 0 Å². The fourth-order valence-corrected chi connectivity index (χ4v) is 0.946. The fourth-order valence-electron chi connectivity index (χ4n) is 0.946. The summed E-state index contributed by atoms with van der Waals surface area (Å²) in [4.78, 5) is 0. The molecule has 0 bridgehead atoms. The van der Waals surface area contributed by atoms with E-state index in [0.29, 0.717) is 0 Å². The SMILES string of the molecule is C[CH-]c1ccc(CC)cc1.[K+]. The molecule has 0 heterocycles. The first-order valence-corrected chi connectivity index (χ1v) is 3.75. The van der Waals surface area contributed by atoms with Gasteiger partial charge in [0.2, 0.25) is 0 Å². The van der Waals surface area contributed by atoms with E-state index in [4.69, 9.17) is 0 Å². The van der Waals surface area contributed by atoms with Crippen molar-refractivity contribution in [1.82, 2.24) is 0 Å². The Balaban J connectivity index is 0.000001000. The molecule has 0 saturated carbocycles. The van der Waals surface area contributed by atoms with Gasteiger partial charge in [0.25, 0.3) is 0 Å². The van der Waals surface area contributed by atoms with Crippen LogP contribution in [0.5, 0.6) is 0 Å². The van der Waals surface area contributed by atoms with Crippen molar-refractivity contribution < 1.29 is 51.4 Å². The maximum absolute atomic E-state index is 2.18. The van der Waals surface area contributed by atoms with Crippen molar-refractivity contribution in [2.45, 2.75) is 20.3 Å². The second kappa shape index (κ2) is 6.27. The number of rotatable bonds is 2. The predicted octanol–water partition coefficient (Wildman–Crippen LogP) is -0.175. The monoisotopic (exact) mass is 172 g/mol. The van der Waals surface area contributed by atoms with E-state index in [-0.39, 0.29) is 51.4 Å². The predicted molar refractivity (Wildman–Crippen MR) is 44.9 cm³/mol. The van der Waals surface area contributed by atoms with Crippen molar-refractivity contribution in [2.24, 2.45) is 0 Å². The van der Waals surface area contributed by atoms with Gasteiger partial charge >= 0.3 is 51.4 Å². The quantitative estimate of drug-likeness (QED) is 0.429. The number of hydrogen-bond donors (Lipinski definition) is 0. The summed E-state index contributed by atoms with van der Waals surface area (Å²) < 4.78 is 0. The zero-order valence-electron chi connectivity index (χ0n) is 7.59. The minimum absolute atomic E-state index is 0. The van der Waals surface area contributed by atoms with Gasteiger partial charge in [0.15, 0.2) is 0 Å². The van der Waals surface area contributed by atoms with Crippen LogP contribution in [0.15, 0.2) is 24.3 Å². The van der Waals surface area contributed by atoms with E-state index in [1.807, 2.05) is 0 Å². The van der Waals surface area contributed by atoms with Crippen LogP contribution in [0, 0.1) is 6.42 Å². The molecular formula is C10H13K. The largest absolute Gasteiger partial charge is 1.00 e. The number of benzene rings is 1. The molecule has 0 aliphatic heterocycles. The smallest absolute Gasteiger partial charge is 0.192 e. The molecule has 0 fully saturated rings. The fraction of sp³-hybridized carbons (Fsp3) is 0.300. The molecule has 1 heteroatoms. The van der Waals surface area contributed by atoms with Crippen molar-refractivity contribution in [2.75, 3.05) is 0 Å². The zero-order valence-corrected chi connectivity index (χ0v) is 10.7. The summed E-state index contributed by atoms with van der Waals surface area (Å²) in [6.07, 6.45) is 3.24. The standard InChI is InChI=1S/C10H13.K/c1-3-9-5-7-10(4-2)8-6-9;/h3,5-8H,4H2,1-2H3;/q-1;+1. The Morgan fingerprint density at radius 1 is 1.18 bits per heavy atom. The van der Waals surface area contributed by atoms with E-state index >= 15 is 0 Å². The minimum Gasteiger partial charge on any atom is -0.192 e. The molecule has 0 aliphatic rings. The van der Waals surface area contributed by atoms with Gasteiger partial charge in [-0.2, -0.15) is 24.1 Å². The van der Waals surface area contributed by atoms with E-state index in [0.717, 1.165) is 6.42 Å². The topological polar surface area (TPSA) is 0 Å². The molecule has 54 valence electrons. The molecule has 1 aromatic carbocycles. The van der Waals surface area contributed by atoms with E-state index in [1.165, 1.54) is 11.1 Å². The third-order valence-corrected chi connectivity index (χ3v) is 1.72. The van der Waals surface area contributed by atoms with Gasteiger partial charge in [-0.25, -0.2) is 0 Å². The van der Waals surface area contributed by atoms with E-state index in [9.17, 15) is 0 Å². The molecule has 0 atom stereocenters. The Bertz CT molecular complexity index is 166. The average Bonchev–Trinajstić information content (AvgIpc) is 2.05. The van der Waals surface area contributed by atoms with E-state index in [2.05, 4.69) is 44.5 Å². The first-order valence-electron chi connectivity index (χ1n) is 3.75. The van der Waals surface area contributed by atoms with Crippen molar-refractivity contribution in [3.63, 3.8) is 0 Å². The summed E-state index contributed by atoms with van der Waals surface area (Å²) in [5, 5.41) is 0. The third kappa shape index (κ3) is 3.77. The summed E-state index contributed by atoms with van der Waals surface area (Å²) in [5.41, 5.74) is 2.71. The van der Waals surface area contributed by atoms with Gasteiger partial charge < -0.3 is 0 Å². The van der Waals surface area contributed by atoms with Crippen molar-refractivity contribution in [3.8, 4) is 0 Å². The Kier molecular flexibility index (Phi) is 6.68. The molecule has 0 spiro atoms. The van der Waals surface area contributed by atoms with Crippen LogP contribution in [0.3, 0.4) is 0 Å². The molecule has 0 aliphatic carbocycles. The van der Waals surface area contributed by atoms with Gasteiger partial charge in [0.1, 0.15) is 0 Å². The molecular weight excluding hydrogens is 159 g/mol. The van der Waals surface area contributed by atoms with Crippen LogP contribution >= 0.6 is 0 Å². The van der Waals surface area contributed by atoms with Crippen LogP contribution in [0.1, 0.15) is 25.0 Å². The van der Waals surface area contributed by atoms with E-state index in [1.54, 1.807) is 0 Å². The van der Waals surface area contributed by atoms with Crippen LogP contribution in [-0.2, 0) is 6.42 Å². The summed E-state index contributed by atoms with van der Waals surface area (Å²) >= 11 is 0.